The Morgan fingerprint density at radius 3 is 2.68 bits per heavy atom. The zero-order valence-electron chi connectivity index (χ0n) is 11.3. The normalized spacial score (nSPS) is 13.3. The molecule has 2 aromatic rings. The van der Waals surface area contributed by atoms with E-state index in [4.69, 9.17) is 0 Å². The molecule has 2 aromatic carbocycles. The summed E-state index contributed by atoms with van der Waals surface area (Å²) >= 11 is 0. The molecule has 0 N–H and O–H groups in total. The first kappa shape index (κ1) is 12.2. The van der Waals surface area contributed by atoms with Gasteiger partial charge < -0.3 is 0 Å². The molecule has 0 bridgehead atoms. The molecule has 0 unspecified atom stereocenters. The minimum absolute atomic E-state index is 0.226. The van der Waals surface area contributed by atoms with Crippen molar-refractivity contribution in [2.24, 2.45) is 0 Å². The number of carbonyl (C=O) groups excluding carboxylic acids is 1. The summed E-state index contributed by atoms with van der Waals surface area (Å²) in [5.41, 5.74) is 5.98. The number of aryl methyl sites for hydroxylation is 3. The number of fused-ring (bicyclic) bond motifs is 1. The van der Waals surface area contributed by atoms with Crippen LogP contribution in [0.3, 0.4) is 0 Å². The molecule has 1 aliphatic rings. The van der Waals surface area contributed by atoms with Crippen molar-refractivity contribution in [1.82, 2.24) is 0 Å². The maximum absolute atomic E-state index is 12.4. The van der Waals surface area contributed by atoms with Crippen molar-refractivity contribution in [3.05, 3.63) is 70.3 Å². The molecule has 96 valence electrons. The summed E-state index contributed by atoms with van der Waals surface area (Å²) in [6.07, 6.45) is 4.03. The van der Waals surface area contributed by atoms with E-state index in [9.17, 15) is 4.79 Å². The Labute approximate surface area is 114 Å². The molecular formula is C18H18O. The van der Waals surface area contributed by atoms with Gasteiger partial charge in [-0.3, -0.25) is 4.79 Å². The Morgan fingerprint density at radius 1 is 1.05 bits per heavy atom. The largest absolute Gasteiger partial charge is 0.294 e. The van der Waals surface area contributed by atoms with Gasteiger partial charge in [-0.1, -0.05) is 36.4 Å². The Morgan fingerprint density at radius 2 is 1.84 bits per heavy atom. The van der Waals surface area contributed by atoms with Crippen LogP contribution in [-0.4, -0.2) is 5.78 Å². The molecule has 1 aliphatic carbocycles. The Bertz CT molecular complexity index is 625. The number of ketones is 1. The average molecular weight is 250 g/mol. The van der Waals surface area contributed by atoms with Crippen LogP contribution in [0.2, 0.25) is 0 Å². The number of carbonyl (C=O) groups is 1. The van der Waals surface area contributed by atoms with Gasteiger partial charge in [0.2, 0.25) is 0 Å². The maximum Gasteiger partial charge on any atom is 0.167 e. The molecule has 0 saturated heterocycles. The number of hydrogen-bond donors (Lipinski definition) is 0. The minimum Gasteiger partial charge on any atom is -0.294 e. The predicted octanol–water partition coefficient (Wildman–Crippen LogP) is 3.91. The number of rotatable bonds is 3. The Hall–Kier alpha value is -1.89. The van der Waals surface area contributed by atoms with Crippen LogP contribution in [0.1, 0.15) is 39.0 Å². The lowest BCUT2D eigenvalue weighted by molar-refractivity contribution is 0.0992. The summed E-state index contributed by atoms with van der Waals surface area (Å²) in [4.78, 5) is 12.4. The van der Waals surface area contributed by atoms with Gasteiger partial charge in [-0.15, -0.1) is 0 Å². The second kappa shape index (κ2) is 5.00. The molecule has 0 radical (unpaired) electrons. The fourth-order valence-electron chi connectivity index (χ4n) is 2.83. The second-order valence-electron chi connectivity index (χ2n) is 5.36. The quantitative estimate of drug-likeness (QED) is 0.755. The molecule has 0 aromatic heterocycles. The monoisotopic (exact) mass is 250 g/mol. The van der Waals surface area contributed by atoms with E-state index in [-0.39, 0.29) is 5.78 Å². The maximum atomic E-state index is 12.4. The van der Waals surface area contributed by atoms with Crippen LogP contribution in [0.4, 0.5) is 0 Å². The highest BCUT2D eigenvalue weighted by Crippen LogP contribution is 2.23. The lowest BCUT2D eigenvalue weighted by Crippen LogP contribution is -2.05. The summed E-state index contributed by atoms with van der Waals surface area (Å²) < 4.78 is 0. The summed E-state index contributed by atoms with van der Waals surface area (Å²) in [5.74, 6) is 0.226. The molecule has 0 atom stereocenters. The topological polar surface area (TPSA) is 17.1 Å². The first-order chi connectivity index (χ1) is 9.24. The van der Waals surface area contributed by atoms with Crippen molar-refractivity contribution < 1.29 is 4.79 Å². The lowest BCUT2D eigenvalue weighted by Gasteiger charge is -2.06. The first-order valence-electron chi connectivity index (χ1n) is 6.93. The summed E-state index contributed by atoms with van der Waals surface area (Å²) in [6, 6.07) is 14.3. The van der Waals surface area contributed by atoms with Crippen LogP contribution in [0.15, 0.2) is 42.5 Å². The summed E-state index contributed by atoms with van der Waals surface area (Å²) in [6.45, 7) is 2.06. The second-order valence-corrected chi connectivity index (χ2v) is 5.36. The lowest BCUT2D eigenvalue weighted by atomic mass is 9.97. The highest BCUT2D eigenvalue weighted by atomic mass is 16.1. The third-order valence-electron chi connectivity index (χ3n) is 4.03. The molecule has 19 heavy (non-hydrogen) atoms. The molecule has 0 saturated carbocycles. The number of benzene rings is 2. The van der Waals surface area contributed by atoms with Crippen molar-refractivity contribution >= 4 is 5.78 Å². The van der Waals surface area contributed by atoms with Gasteiger partial charge >= 0.3 is 0 Å². The van der Waals surface area contributed by atoms with Crippen molar-refractivity contribution in [2.75, 3.05) is 0 Å². The van der Waals surface area contributed by atoms with Gasteiger partial charge in [0.25, 0.3) is 0 Å². The van der Waals surface area contributed by atoms with E-state index >= 15 is 0 Å². The molecule has 1 heteroatoms. The molecule has 0 aliphatic heterocycles. The molecule has 1 nitrogen and oxygen atoms in total. The van der Waals surface area contributed by atoms with E-state index in [1.807, 2.05) is 24.3 Å². The Kier molecular flexibility index (Phi) is 3.20. The predicted molar refractivity (Wildman–Crippen MR) is 77.7 cm³/mol. The zero-order chi connectivity index (χ0) is 13.2. The van der Waals surface area contributed by atoms with Crippen LogP contribution >= 0.6 is 0 Å². The van der Waals surface area contributed by atoms with E-state index in [1.165, 1.54) is 29.5 Å². The van der Waals surface area contributed by atoms with Crippen LogP contribution in [0, 0.1) is 6.92 Å². The molecule has 0 fully saturated rings. The van der Waals surface area contributed by atoms with E-state index in [0.29, 0.717) is 6.42 Å². The van der Waals surface area contributed by atoms with Gasteiger partial charge in [-0.05, 0) is 54.5 Å². The van der Waals surface area contributed by atoms with E-state index in [0.717, 1.165) is 17.5 Å². The third-order valence-corrected chi connectivity index (χ3v) is 4.03. The standard InChI is InChI=1S/C18H18O/c1-13-5-2-3-6-15(13)12-18(19)17-10-9-14-7-4-8-16(14)11-17/h2-3,5-6,9-11H,4,7-8,12H2,1H3. The molecule has 0 spiro atoms. The Balaban J connectivity index is 1.83. The summed E-state index contributed by atoms with van der Waals surface area (Å²) in [7, 11) is 0. The molecular weight excluding hydrogens is 232 g/mol. The van der Waals surface area contributed by atoms with Gasteiger partial charge in [-0.2, -0.15) is 0 Å². The number of Topliss-reactive ketones (excluding diaryl/α,β-unsaturated/α-hetero) is 1. The van der Waals surface area contributed by atoms with Crippen molar-refractivity contribution in [2.45, 2.75) is 32.6 Å². The fraction of sp³-hybridized carbons (Fsp3) is 0.278. The van der Waals surface area contributed by atoms with Gasteiger partial charge in [0, 0.05) is 12.0 Å². The minimum atomic E-state index is 0.226. The van der Waals surface area contributed by atoms with Gasteiger partial charge in [0.15, 0.2) is 5.78 Å². The smallest absolute Gasteiger partial charge is 0.167 e. The molecule has 0 amide bonds. The highest BCUT2D eigenvalue weighted by molar-refractivity contribution is 5.97. The SMILES string of the molecule is Cc1ccccc1CC(=O)c1ccc2c(c1)CCC2. The third kappa shape index (κ3) is 2.46. The average Bonchev–Trinajstić information content (AvgIpc) is 2.88. The van der Waals surface area contributed by atoms with Crippen LogP contribution in [0.5, 0.6) is 0 Å². The van der Waals surface area contributed by atoms with Gasteiger partial charge in [0.1, 0.15) is 0 Å². The highest BCUT2D eigenvalue weighted by Gasteiger charge is 2.14. The number of hydrogen-bond acceptors (Lipinski definition) is 1. The van der Waals surface area contributed by atoms with Crippen LogP contribution < -0.4 is 0 Å². The van der Waals surface area contributed by atoms with Crippen molar-refractivity contribution in [3.63, 3.8) is 0 Å². The molecule has 3 rings (SSSR count). The van der Waals surface area contributed by atoms with Gasteiger partial charge in [0.05, 0.1) is 0 Å². The zero-order valence-corrected chi connectivity index (χ0v) is 11.3. The fourth-order valence-corrected chi connectivity index (χ4v) is 2.83. The van der Waals surface area contributed by atoms with Crippen molar-refractivity contribution in [3.8, 4) is 0 Å². The molecule has 0 heterocycles. The van der Waals surface area contributed by atoms with Crippen LogP contribution in [-0.2, 0) is 19.3 Å². The van der Waals surface area contributed by atoms with E-state index in [1.54, 1.807) is 0 Å². The summed E-state index contributed by atoms with van der Waals surface area (Å²) in [5, 5.41) is 0. The van der Waals surface area contributed by atoms with E-state index < -0.39 is 0 Å². The van der Waals surface area contributed by atoms with Crippen molar-refractivity contribution in [1.29, 1.82) is 0 Å². The van der Waals surface area contributed by atoms with Crippen LogP contribution in [0.25, 0.3) is 0 Å². The van der Waals surface area contributed by atoms with E-state index in [2.05, 4.69) is 25.1 Å². The first-order valence-corrected chi connectivity index (χ1v) is 6.93. The van der Waals surface area contributed by atoms with Gasteiger partial charge in [-0.25, -0.2) is 0 Å².